The summed E-state index contributed by atoms with van der Waals surface area (Å²) in [6, 6.07) is 0. The summed E-state index contributed by atoms with van der Waals surface area (Å²) in [5.74, 6) is 0.0823. The van der Waals surface area contributed by atoms with Gasteiger partial charge in [-0.15, -0.1) is 0 Å². The van der Waals surface area contributed by atoms with Crippen molar-refractivity contribution in [3.8, 4) is 0 Å². The van der Waals surface area contributed by atoms with Gasteiger partial charge in [-0.2, -0.15) is 0 Å². The first-order valence-corrected chi connectivity index (χ1v) is 9.26. The third-order valence-corrected chi connectivity index (χ3v) is 4.52. The predicted octanol–water partition coefficient (Wildman–Crippen LogP) is 4.08. The Morgan fingerprint density at radius 2 is 2.15 bits per heavy atom. The zero-order chi connectivity index (χ0) is 19.6. The van der Waals surface area contributed by atoms with Crippen molar-refractivity contribution in [1.29, 1.82) is 0 Å². The summed E-state index contributed by atoms with van der Waals surface area (Å²) in [6.45, 7) is 5.39. The van der Waals surface area contributed by atoms with Gasteiger partial charge in [-0.05, 0) is 57.0 Å². The van der Waals surface area contributed by atoms with Crippen LogP contribution in [0.1, 0.15) is 33.6 Å². The fourth-order valence-electron chi connectivity index (χ4n) is 2.59. The lowest BCUT2D eigenvalue weighted by molar-refractivity contribution is -0.115. The molecule has 142 valence electrons. The van der Waals surface area contributed by atoms with Gasteiger partial charge in [0.15, 0.2) is 0 Å². The van der Waals surface area contributed by atoms with Crippen LogP contribution in [0.3, 0.4) is 0 Å². The maximum Gasteiger partial charge on any atom is 0.418 e. The SMILES string of the molecule is CC(C)(C)OC(=O)N1C=COC(C2=C(C=C3SC(=O)NC3=O)C=CCC2)=C1. The van der Waals surface area contributed by atoms with Crippen LogP contribution in [-0.4, -0.2) is 27.7 Å². The van der Waals surface area contributed by atoms with Crippen LogP contribution in [0.2, 0.25) is 0 Å². The molecular weight excluding hydrogens is 368 g/mol. The summed E-state index contributed by atoms with van der Waals surface area (Å²) in [5.41, 5.74) is 0.995. The number of nitrogens with zero attached hydrogens (tertiary/aromatic N) is 1. The number of nitrogens with one attached hydrogen (secondary N) is 1. The molecule has 0 spiro atoms. The molecule has 1 saturated heterocycles. The van der Waals surface area contributed by atoms with Crippen LogP contribution in [0.5, 0.6) is 0 Å². The van der Waals surface area contributed by atoms with E-state index < -0.39 is 17.6 Å². The monoisotopic (exact) mass is 388 g/mol. The summed E-state index contributed by atoms with van der Waals surface area (Å²) in [6.07, 6.45) is 11.0. The number of rotatable bonds is 2. The zero-order valence-electron chi connectivity index (χ0n) is 15.3. The number of imide groups is 1. The Hall–Kier alpha value is -2.74. The Morgan fingerprint density at radius 1 is 1.37 bits per heavy atom. The first-order valence-electron chi connectivity index (χ1n) is 8.44. The van der Waals surface area contributed by atoms with Crippen LogP contribution in [0.25, 0.3) is 0 Å². The molecule has 0 aromatic rings. The van der Waals surface area contributed by atoms with E-state index in [0.29, 0.717) is 17.1 Å². The first-order chi connectivity index (χ1) is 12.7. The number of carbonyl (C=O) groups excluding carboxylic acids is 3. The second-order valence-electron chi connectivity index (χ2n) is 7.01. The van der Waals surface area contributed by atoms with Gasteiger partial charge in [-0.1, -0.05) is 12.2 Å². The number of ether oxygens (including phenoxy) is 2. The highest BCUT2D eigenvalue weighted by molar-refractivity contribution is 8.18. The van der Waals surface area contributed by atoms with Crippen molar-refractivity contribution in [3.05, 3.63) is 58.7 Å². The van der Waals surface area contributed by atoms with Crippen LogP contribution < -0.4 is 5.32 Å². The molecule has 8 heteroatoms. The van der Waals surface area contributed by atoms with Crippen molar-refractivity contribution in [3.63, 3.8) is 0 Å². The highest BCUT2D eigenvalue weighted by Crippen LogP contribution is 2.33. The van der Waals surface area contributed by atoms with Gasteiger partial charge in [0.25, 0.3) is 11.1 Å². The van der Waals surface area contributed by atoms with Gasteiger partial charge < -0.3 is 9.47 Å². The highest BCUT2D eigenvalue weighted by Gasteiger charge is 2.27. The van der Waals surface area contributed by atoms with Crippen molar-refractivity contribution in [2.45, 2.75) is 39.2 Å². The van der Waals surface area contributed by atoms with E-state index in [2.05, 4.69) is 5.32 Å². The van der Waals surface area contributed by atoms with Crippen molar-refractivity contribution in [2.24, 2.45) is 0 Å². The fourth-order valence-corrected chi connectivity index (χ4v) is 3.27. The molecule has 2 heterocycles. The molecular formula is C19H20N2O5S. The van der Waals surface area contributed by atoms with E-state index in [1.807, 2.05) is 12.2 Å². The Balaban J connectivity index is 1.90. The van der Waals surface area contributed by atoms with E-state index in [0.717, 1.165) is 29.3 Å². The van der Waals surface area contributed by atoms with E-state index in [1.165, 1.54) is 17.4 Å². The summed E-state index contributed by atoms with van der Waals surface area (Å²) < 4.78 is 11.0. The quantitative estimate of drug-likeness (QED) is 0.718. The molecule has 7 nitrogen and oxygen atoms in total. The van der Waals surface area contributed by atoms with E-state index in [9.17, 15) is 14.4 Å². The zero-order valence-corrected chi connectivity index (χ0v) is 16.1. The number of thioether (sulfide) groups is 1. The highest BCUT2D eigenvalue weighted by atomic mass is 32.2. The fraction of sp³-hybridized carbons (Fsp3) is 0.316. The van der Waals surface area contributed by atoms with Gasteiger partial charge in [0.1, 0.15) is 17.6 Å². The van der Waals surface area contributed by atoms with Crippen LogP contribution in [0.15, 0.2) is 58.7 Å². The van der Waals surface area contributed by atoms with Gasteiger partial charge >= 0.3 is 6.09 Å². The molecule has 2 aliphatic heterocycles. The number of amides is 3. The first kappa shape index (κ1) is 19.0. The lowest BCUT2D eigenvalue weighted by Crippen LogP contribution is -2.32. The van der Waals surface area contributed by atoms with Crippen LogP contribution in [0, 0.1) is 0 Å². The third kappa shape index (κ3) is 4.71. The predicted molar refractivity (Wildman–Crippen MR) is 101 cm³/mol. The smallest absolute Gasteiger partial charge is 0.418 e. The Morgan fingerprint density at radius 3 is 2.81 bits per heavy atom. The maximum atomic E-state index is 12.3. The van der Waals surface area contributed by atoms with Crippen molar-refractivity contribution < 1.29 is 23.9 Å². The van der Waals surface area contributed by atoms with E-state index >= 15 is 0 Å². The van der Waals surface area contributed by atoms with Gasteiger partial charge in [0, 0.05) is 5.57 Å². The summed E-state index contributed by atoms with van der Waals surface area (Å²) >= 11 is 0.862. The third-order valence-electron chi connectivity index (χ3n) is 3.71. The number of hydrogen-bond acceptors (Lipinski definition) is 6. The second kappa shape index (κ2) is 7.48. The molecule has 3 amide bonds. The van der Waals surface area contributed by atoms with Crippen LogP contribution in [0.4, 0.5) is 9.59 Å². The Kier molecular flexibility index (Phi) is 5.27. The van der Waals surface area contributed by atoms with Crippen molar-refractivity contribution in [1.82, 2.24) is 10.2 Å². The summed E-state index contributed by atoms with van der Waals surface area (Å²) in [4.78, 5) is 37.1. The average molecular weight is 388 g/mol. The topological polar surface area (TPSA) is 84.9 Å². The Labute approximate surface area is 161 Å². The molecule has 0 bridgehead atoms. The molecule has 0 radical (unpaired) electrons. The van der Waals surface area contributed by atoms with Gasteiger partial charge in [0.05, 0.1) is 17.3 Å². The molecule has 1 aliphatic carbocycles. The number of hydrogen-bond donors (Lipinski definition) is 1. The molecule has 0 aromatic heterocycles. The largest absolute Gasteiger partial charge is 0.462 e. The van der Waals surface area contributed by atoms with E-state index in [1.54, 1.807) is 33.0 Å². The Bertz CT molecular complexity index is 843. The number of allylic oxidation sites excluding steroid dienone is 5. The minimum atomic E-state index is -0.612. The van der Waals surface area contributed by atoms with Gasteiger partial charge in [-0.3, -0.25) is 19.8 Å². The molecule has 3 aliphatic rings. The van der Waals surface area contributed by atoms with Crippen LogP contribution in [-0.2, 0) is 14.3 Å². The van der Waals surface area contributed by atoms with Gasteiger partial charge in [0.2, 0.25) is 0 Å². The normalized spacial score (nSPS) is 21.4. The van der Waals surface area contributed by atoms with Crippen LogP contribution >= 0.6 is 11.8 Å². The minimum absolute atomic E-state index is 0.329. The summed E-state index contributed by atoms with van der Waals surface area (Å²) in [5, 5.41) is 1.85. The van der Waals surface area contributed by atoms with E-state index in [-0.39, 0.29) is 5.24 Å². The average Bonchev–Trinajstić information content (AvgIpc) is 2.91. The van der Waals surface area contributed by atoms with Crippen molar-refractivity contribution in [2.75, 3.05) is 0 Å². The molecule has 0 aromatic carbocycles. The summed E-state index contributed by atoms with van der Waals surface area (Å²) in [7, 11) is 0. The lowest BCUT2D eigenvalue weighted by atomic mass is 9.95. The molecule has 3 rings (SSSR count). The lowest BCUT2D eigenvalue weighted by Gasteiger charge is -2.26. The minimum Gasteiger partial charge on any atom is -0.462 e. The molecule has 0 saturated carbocycles. The van der Waals surface area contributed by atoms with E-state index in [4.69, 9.17) is 9.47 Å². The molecule has 1 fully saturated rings. The standard InChI is InChI=1S/C19H20N2O5S/c1-19(2,3)26-18(24)21-8-9-25-14(11-21)13-7-5-4-6-12(13)10-15-16(22)20-17(23)27-15/h4,6,8-11H,5,7H2,1-3H3,(H,20,22,23). The molecule has 1 N–H and O–H groups in total. The maximum absolute atomic E-state index is 12.3. The molecule has 27 heavy (non-hydrogen) atoms. The number of carbonyl (C=O) groups is 3. The molecule has 0 atom stereocenters. The molecule has 0 unspecified atom stereocenters. The van der Waals surface area contributed by atoms with Crippen molar-refractivity contribution >= 4 is 29.0 Å². The second-order valence-corrected chi connectivity index (χ2v) is 8.03. The van der Waals surface area contributed by atoms with Gasteiger partial charge in [-0.25, -0.2) is 4.79 Å².